The lowest BCUT2D eigenvalue weighted by molar-refractivity contribution is 1.16. The maximum Gasteiger partial charge on any atom is 0.181 e. The second-order valence-electron chi connectivity index (χ2n) is 14.7. The zero-order valence-corrected chi connectivity index (χ0v) is 32.2. The third-order valence-corrected chi connectivity index (χ3v) is 16.5. The van der Waals surface area contributed by atoms with Gasteiger partial charge in [0.2, 0.25) is 0 Å². The van der Waals surface area contributed by atoms with Gasteiger partial charge in [0.05, 0.1) is 33.4 Å². The van der Waals surface area contributed by atoms with Gasteiger partial charge in [-0.1, -0.05) is 170 Å². The molecule has 0 aliphatic heterocycles. The average Bonchev–Trinajstić information content (AvgIpc) is 3.81. The molecular weight excluding hydrogens is 707 g/mol. The van der Waals surface area contributed by atoms with E-state index >= 15 is 0 Å². The Balaban J connectivity index is 1.09. The molecule has 0 atom stereocenters. The van der Waals surface area contributed by atoms with Gasteiger partial charge in [0, 0.05) is 39.0 Å². The van der Waals surface area contributed by atoms with Gasteiger partial charge < -0.3 is 9.13 Å². The van der Waals surface area contributed by atoms with Crippen molar-refractivity contribution in [1.82, 2.24) is 14.1 Å². The summed E-state index contributed by atoms with van der Waals surface area (Å²) in [5, 5.41) is 10.2. The molecule has 268 valence electrons. The Bertz CT molecular complexity index is 3070. The Labute approximate surface area is 332 Å². The van der Waals surface area contributed by atoms with E-state index in [1.807, 2.05) is 0 Å². The number of hydrogen-bond donors (Lipinski definition) is 0. The summed E-state index contributed by atoms with van der Waals surface area (Å²) in [6.07, 6.45) is 2.15. The van der Waals surface area contributed by atoms with Crippen molar-refractivity contribution in [3.05, 3.63) is 225 Å². The lowest BCUT2D eigenvalue weighted by Gasteiger charge is -2.34. The summed E-state index contributed by atoms with van der Waals surface area (Å²) in [5.74, 6) is 0. The topological polar surface area (TPSA) is 22.8 Å². The van der Waals surface area contributed by atoms with Gasteiger partial charge in [-0.25, -0.2) is 0 Å². The van der Waals surface area contributed by atoms with Crippen LogP contribution in [0, 0.1) is 0 Å². The average molecular weight is 744 g/mol. The molecule has 3 nitrogen and oxygen atoms in total. The van der Waals surface area contributed by atoms with Crippen molar-refractivity contribution in [3.63, 3.8) is 0 Å². The third kappa shape index (κ3) is 5.15. The molecule has 0 bridgehead atoms. The Morgan fingerprint density at radius 1 is 0.333 bits per heavy atom. The van der Waals surface area contributed by atoms with E-state index in [0.29, 0.717) is 0 Å². The van der Waals surface area contributed by atoms with E-state index in [0.717, 1.165) is 28.1 Å². The second-order valence-corrected chi connectivity index (χ2v) is 18.5. The lowest BCUT2D eigenvalue weighted by Crippen LogP contribution is -2.74. The van der Waals surface area contributed by atoms with E-state index in [2.05, 4.69) is 234 Å². The number of hydrogen-bond acceptors (Lipinski definition) is 1. The van der Waals surface area contributed by atoms with Crippen LogP contribution in [0.4, 0.5) is 0 Å². The molecule has 11 rings (SSSR count). The van der Waals surface area contributed by atoms with Crippen LogP contribution < -0.4 is 20.7 Å². The van der Waals surface area contributed by atoms with Gasteiger partial charge in [-0.3, -0.25) is 4.98 Å². The number of benzene rings is 8. The van der Waals surface area contributed by atoms with Gasteiger partial charge in [-0.15, -0.1) is 0 Å². The van der Waals surface area contributed by atoms with Gasteiger partial charge in [0.15, 0.2) is 8.07 Å². The quantitative estimate of drug-likeness (QED) is 0.118. The van der Waals surface area contributed by atoms with Gasteiger partial charge >= 0.3 is 0 Å². The van der Waals surface area contributed by atoms with Crippen molar-refractivity contribution >= 4 is 72.4 Å². The molecule has 0 fully saturated rings. The van der Waals surface area contributed by atoms with Gasteiger partial charge in [-0.2, -0.15) is 0 Å². The molecule has 3 aromatic heterocycles. The minimum atomic E-state index is -2.70. The largest absolute Gasteiger partial charge is 0.309 e. The number of rotatable bonds is 7. The van der Waals surface area contributed by atoms with Crippen molar-refractivity contribution < 1.29 is 0 Å². The SMILES string of the molecule is c1ccc([Si](c2ccccc2)(c2ccccc2)c2ccc(-c3ccccc3-n3c4ccccc4c4cc(-n5c6ccccc6c6ccccc65)ccc43)nc2)cc1. The zero-order chi connectivity index (χ0) is 37.8. The minimum Gasteiger partial charge on any atom is -0.309 e. The van der Waals surface area contributed by atoms with E-state index < -0.39 is 8.07 Å². The molecular formula is C53H37N3Si. The predicted octanol–water partition coefficient (Wildman–Crippen LogP) is 10.3. The molecule has 11 aromatic rings. The number of para-hydroxylation sites is 4. The summed E-state index contributed by atoms with van der Waals surface area (Å²) < 4.78 is 4.82. The molecule has 0 saturated carbocycles. The van der Waals surface area contributed by atoms with Crippen LogP contribution in [0.3, 0.4) is 0 Å². The first-order valence-electron chi connectivity index (χ1n) is 19.6. The highest BCUT2D eigenvalue weighted by molar-refractivity contribution is 7.19. The Morgan fingerprint density at radius 2 is 0.789 bits per heavy atom. The summed E-state index contributed by atoms with van der Waals surface area (Å²) in [6, 6.07) is 79.5. The number of nitrogens with zero attached hydrogens (tertiary/aromatic N) is 3. The van der Waals surface area contributed by atoms with Crippen LogP contribution >= 0.6 is 0 Å². The Morgan fingerprint density at radius 3 is 1.33 bits per heavy atom. The fraction of sp³-hybridized carbons (Fsp3) is 0. The van der Waals surface area contributed by atoms with Crippen LogP contribution in [-0.2, 0) is 0 Å². The highest BCUT2D eigenvalue weighted by Gasteiger charge is 2.41. The summed E-state index contributed by atoms with van der Waals surface area (Å²) >= 11 is 0. The van der Waals surface area contributed by atoms with E-state index in [1.165, 1.54) is 58.8 Å². The van der Waals surface area contributed by atoms with Crippen LogP contribution in [0.2, 0.25) is 0 Å². The third-order valence-electron chi connectivity index (χ3n) is 11.7. The van der Waals surface area contributed by atoms with Crippen molar-refractivity contribution in [2.45, 2.75) is 0 Å². The van der Waals surface area contributed by atoms with Crippen LogP contribution in [-0.4, -0.2) is 22.2 Å². The van der Waals surface area contributed by atoms with Gasteiger partial charge in [0.1, 0.15) is 0 Å². The van der Waals surface area contributed by atoms with E-state index in [1.54, 1.807) is 0 Å². The van der Waals surface area contributed by atoms with Crippen molar-refractivity contribution in [3.8, 4) is 22.6 Å². The molecule has 0 spiro atoms. The first-order chi connectivity index (χ1) is 28.3. The van der Waals surface area contributed by atoms with E-state index in [-0.39, 0.29) is 0 Å². The number of aromatic nitrogens is 3. The molecule has 4 heteroatoms. The molecule has 0 amide bonds. The van der Waals surface area contributed by atoms with Crippen LogP contribution in [0.15, 0.2) is 225 Å². The minimum absolute atomic E-state index is 0.944. The molecule has 0 N–H and O–H groups in total. The normalized spacial score (nSPS) is 11.9. The fourth-order valence-electron chi connectivity index (χ4n) is 9.28. The zero-order valence-electron chi connectivity index (χ0n) is 31.2. The molecule has 0 saturated heterocycles. The monoisotopic (exact) mass is 743 g/mol. The first kappa shape index (κ1) is 33.1. The standard InChI is InChI=1S/C53H37N3Si/c1-4-18-39(19-5-1)57(40-20-6-2-7-21-40,41-22-8-3-9-23-41)42-33-34-48(54-37-42)46-27-13-17-31-52(46)56-51-30-16-12-26-45(51)47-36-38(32-35-53(47)56)55-49-28-14-10-24-43(49)44-25-11-15-29-50(44)55/h1-37H. The second kappa shape index (κ2) is 13.5. The van der Waals surface area contributed by atoms with E-state index in [9.17, 15) is 0 Å². The van der Waals surface area contributed by atoms with Crippen LogP contribution in [0.25, 0.3) is 66.2 Å². The van der Waals surface area contributed by atoms with Gasteiger partial charge in [-0.05, 0) is 69.3 Å². The highest BCUT2D eigenvalue weighted by atomic mass is 28.3. The molecule has 0 radical (unpaired) electrons. The summed E-state index contributed by atoms with van der Waals surface area (Å²) in [6.45, 7) is 0. The molecule has 3 heterocycles. The van der Waals surface area contributed by atoms with Crippen LogP contribution in [0.5, 0.6) is 0 Å². The Hall–Kier alpha value is -7.27. The van der Waals surface area contributed by atoms with Crippen molar-refractivity contribution in [2.24, 2.45) is 0 Å². The van der Waals surface area contributed by atoms with Crippen LogP contribution in [0.1, 0.15) is 0 Å². The summed E-state index contributed by atoms with van der Waals surface area (Å²) in [5.41, 5.74) is 9.03. The van der Waals surface area contributed by atoms with E-state index in [4.69, 9.17) is 4.98 Å². The maximum absolute atomic E-state index is 5.35. The number of pyridine rings is 1. The molecule has 0 aliphatic rings. The van der Waals surface area contributed by atoms with Crippen molar-refractivity contribution in [2.75, 3.05) is 0 Å². The highest BCUT2D eigenvalue weighted by Crippen LogP contribution is 2.38. The maximum atomic E-state index is 5.35. The smallest absolute Gasteiger partial charge is 0.181 e. The first-order valence-corrected chi connectivity index (χ1v) is 21.6. The molecule has 8 aromatic carbocycles. The summed E-state index contributed by atoms with van der Waals surface area (Å²) in [7, 11) is -2.70. The molecule has 57 heavy (non-hydrogen) atoms. The van der Waals surface area contributed by atoms with Gasteiger partial charge in [0.25, 0.3) is 0 Å². The Kier molecular flexibility index (Phi) is 7.83. The summed E-state index contributed by atoms with van der Waals surface area (Å²) in [4.78, 5) is 5.35. The van der Waals surface area contributed by atoms with Crippen molar-refractivity contribution in [1.29, 1.82) is 0 Å². The predicted molar refractivity (Wildman–Crippen MR) is 242 cm³/mol. The number of fused-ring (bicyclic) bond motifs is 6. The molecule has 0 unspecified atom stereocenters. The molecule has 0 aliphatic carbocycles. The fourth-order valence-corrected chi connectivity index (χ4v) is 14.0. The lowest BCUT2D eigenvalue weighted by atomic mass is 10.1.